The molecule has 2 aromatic heterocycles. The number of hydrogen-bond acceptors (Lipinski definition) is 3. The van der Waals surface area contributed by atoms with E-state index in [4.69, 9.17) is 5.73 Å². The molecule has 2 N–H and O–H groups in total. The first-order chi connectivity index (χ1) is 7.84. The lowest BCUT2D eigenvalue weighted by molar-refractivity contribution is 1.34. The second kappa shape index (κ2) is 3.61. The van der Waals surface area contributed by atoms with Crippen LogP contribution in [0.25, 0.3) is 21.2 Å². The Morgan fingerprint density at radius 3 is 2.94 bits per heavy atom. The van der Waals surface area contributed by atoms with Crippen molar-refractivity contribution >= 4 is 27.2 Å². The topological polar surface area (TPSA) is 38.9 Å². The van der Waals surface area contributed by atoms with Gasteiger partial charge in [0.2, 0.25) is 0 Å². The number of thiophene rings is 1. The number of nitrogens with zero attached hydrogens (tertiary/aromatic N) is 1. The van der Waals surface area contributed by atoms with Gasteiger partial charge in [0, 0.05) is 16.5 Å². The Balaban J connectivity index is 2.22. The van der Waals surface area contributed by atoms with E-state index in [0.717, 1.165) is 11.1 Å². The highest BCUT2D eigenvalue weighted by atomic mass is 32.1. The summed E-state index contributed by atoms with van der Waals surface area (Å²) in [5.41, 5.74) is 7.99. The molecule has 3 heteroatoms. The van der Waals surface area contributed by atoms with Crippen LogP contribution >= 0.6 is 11.3 Å². The SMILES string of the molecule is Nc1ncccc1-c1ccc2ccsc2c1. The molecular weight excluding hydrogens is 216 g/mol. The summed E-state index contributed by atoms with van der Waals surface area (Å²) in [5.74, 6) is 0.582. The van der Waals surface area contributed by atoms with Crippen molar-refractivity contribution < 1.29 is 0 Å². The van der Waals surface area contributed by atoms with E-state index in [2.05, 4.69) is 34.6 Å². The van der Waals surface area contributed by atoms with Gasteiger partial charge in [-0.15, -0.1) is 11.3 Å². The monoisotopic (exact) mass is 226 g/mol. The highest BCUT2D eigenvalue weighted by molar-refractivity contribution is 7.17. The molecule has 0 atom stereocenters. The average Bonchev–Trinajstić information content (AvgIpc) is 2.76. The van der Waals surface area contributed by atoms with Gasteiger partial charge in [0.05, 0.1) is 0 Å². The lowest BCUT2D eigenvalue weighted by Gasteiger charge is -2.04. The maximum atomic E-state index is 5.86. The third-order valence-electron chi connectivity index (χ3n) is 2.61. The molecule has 0 aliphatic heterocycles. The Hall–Kier alpha value is -1.87. The van der Waals surface area contributed by atoms with E-state index in [9.17, 15) is 0 Å². The molecule has 16 heavy (non-hydrogen) atoms. The van der Waals surface area contributed by atoms with E-state index < -0.39 is 0 Å². The van der Waals surface area contributed by atoms with Crippen LogP contribution in [0.1, 0.15) is 0 Å². The van der Waals surface area contributed by atoms with Crippen LogP contribution in [0.4, 0.5) is 5.82 Å². The number of aromatic nitrogens is 1. The first-order valence-electron chi connectivity index (χ1n) is 5.03. The molecule has 78 valence electrons. The number of rotatable bonds is 1. The summed E-state index contributed by atoms with van der Waals surface area (Å²) in [6.45, 7) is 0. The Morgan fingerprint density at radius 2 is 2.06 bits per heavy atom. The van der Waals surface area contributed by atoms with Gasteiger partial charge >= 0.3 is 0 Å². The fourth-order valence-corrected chi connectivity index (χ4v) is 2.61. The number of nitrogens with two attached hydrogens (primary N) is 1. The minimum Gasteiger partial charge on any atom is -0.383 e. The molecule has 0 spiro atoms. The van der Waals surface area contributed by atoms with Gasteiger partial charge in [-0.2, -0.15) is 0 Å². The van der Waals surface area contributed by atoms with Gasteiger partial charge in [-0.05, 0) is 40.6 Å². The summed E-state index contributed by atoms with van der Waals surface area (Å²) in [6, 6.07) is 12.4. The molecule has 0 unspecified atom stereocenters. The number of fused-ring (bicyclic) bond motifs is 1. The van der Waals surface area contributed by atoms with Crippen LogP contribution in [0.5, 0.6) is 0 Å². The molecule has 2 heterocycles. The van der Waals surface area contributed by atoms with E-state index >= 15 is 0 Å². The first-order valence-corrected chi connectivity index (χ1v) is 5.91. The highest BCUT2D eigenvalue weighted by Crippen LogP contribution is 2.29. The molecule has 0 aliphatic carbocycles. The zero-order valence-electron chi connectivity index (χ0n) is 8.55. The summed E-state index contributed by atoms with van der Waals surface area (Å²) in [5, 5.41) is 3.37. The molecule has 0 fully saturated rings. The van der Waals surface area contributed by atoms with Gasteiger partial charge in [-0.25, -0.2) is 4.98 Å². The zero-order chi connectivity index (χ0) is 11.0. The van der Waals surface area contributed by atoms with Crippen LogP contribution in [0.2, 0.25) is 0 Å². The molecular formula is C13H10N2S. The minimum atomic E-state index is 0.582. The van der Waals surface area contributed by atoms with Gasteiger partial charge in [-0.3, -0.25) is 0 Å². The van der Waals surface area contributed by atoms with Crippen molar-refractivity contribution in [3.63, 3.8) is 0 Å². The molecule has 0 aliphatic rings. The summed E-state index contributed by atoms with van der Waals surface area (Å²) < 4.78 is 1.28. The summed E-state index contributed by atoms with van der Waals surface area (Å²) >= 11 is 1.74. The van der Waals surface area contributed by atoms with Gasteiger partial charge in [0.15, 0.2) is 0 Å². The van der Waals surface area contributed by atoms with Crippen molar-refractivity contribution in [2.24, 2.45) is 0 Å². The minimum absolute atomic E-state index is 0.582. The van der Waals surface area contributed by atoms with Gasteiger partial charge in [-0.1, -0.05) is 12.1 Å². The molecule has 0 radical (unpaired) electrons. The molecule has 3 aromatic rings. The Labute approximate surface area is 97.4 Å². The third kappa shape index (κ3) is 1.46. The van der Waals surface area contributed by atoms with Crippen molar-refractivity contribution in [2.45, 2.75) is 0 Å². The van der Waals surface area contributed by atoms with E-state index in [1.807, 2.05) is 12.1 Å². The average molecular weight is 226 g/mol. The molecule has 0 saturated carbocycles. The standard InChI is InChI=1S/C13H10N2S/c14-13-11(2-1-6-15-13)10-4-3-9-5-7-16-12(9)8-10/h1-8H,(H2,14,15). The van der Waals surface area contributed by atoms with Gasteiger partial charge in [0.1, 0.15) is 5.82 Å². The Morgan fingerprint density at radius 1 is 1.12 bits per heavy atom. The van der Waals surface area contributed by atoms with Gasteiger partial charge in [0.25, 0.3) is 0 Å². The van der Waals surface area contributed by atoms with Crippen LogP contribution in [0.15, 0.2) is 48.0 Å². The summed E-state index contributed by atoms with van der Waals surface area (Å²) in [7, 11) is 0. The third-order valence-corrected chi connectivity index (χ3v) is 3.49. The van der Waals surface area contributed by atoms with Crippen LogP contribution in [0, 0.1) is 0 Å². The van der Waals surface area contributed by atoms with Crippen LogP contribution < -0.4 is 5.73 Å². The zero-order valence-corrected chi connectivity index (χ0v) is 9.37. The van der Waals surface area contributed by atoms with E-state index in [1.54, 1.807) is 17.5 Å². The smallest absolute Gasteiger partial charge is 0.131 e. The molecule has 2 nitrogen and oxygen atoms in total. The van der Waals surface area contributed by atoms with Crippen LogP contribution in [-0.4, -0.2) is 4.98 Å². The van der Waals surface area contributed by atoms with Crippen molar-refractivity contribution in [1.29, 1.82) is 0 Å². The van der Waals surface area contributed by atoms with Crippen molar-refractivity contribution in [3.05, 3.63) is 48.0 Å². The Kier molecular flexibility index (Phi) is 2.11. The number of anilines is 1. The predicted molar refractivity (Wildman–Crippen MR) is 69.5 cm³/mol. The fraction of sp³-hybridized carbons (Fsp3) is 0. The van der Waals surface area contributed by atoms with Crippen LogP contribution in [0.3, 0.4) is 0 Å². The number of benzene rings is 1. The van der Waals surface area contributed by atoms with Gasteiger partial charge < -0.3 is 5.73 Å². The first kappa shape index (κ1) is 9.36. The number of pyridine rings is 1. The molecule has 0 amide bonds. The molecule has 0 bridgehead atoms. The van der Waals surface area contributed by atoms with Crippen LogP contribution in [-0.2, 0) is 0 Å². The summed E-state index contributed by atoms with van der Waals surface area (Å²) in [6.07, 6.45) is 1.71. The van der Waals surface area contributed by atoms with E-state index in [0.29, 0.717) is 5.82 Å². The maximum Gasteiger partial charge on any atom is 0.131 e. The Bertz CT molecular complexity index is 643. The lowest BCUT2D eigenvalue weighted by Crippen LogP contribution is -1.92. The second-order valence-corrected chi connectivity index (χ2v) is 4.56. The molecule has 0 saturated heterocycles. The number of hydrogen-bond donors (Lipinski definition) is 1. The maximum absolute atomic E-state index is 5.86. The van der Waals surface area contributed by atoms with Crippen molar-refractivity contribution in [1.82, 2.24) is 4.98 Å². The van der Waals surface area contributed by atoms with Crippen molar-refractivity contribution in [3.8, 4) is 11.1 Å². The predicted octanol–water partition coefficient (Wildman–Crippen LogP) is 3.55. The normalized spacial score (nSPS) is 10.8. The second-order valence-electron chi connectivity index (χ2n) is 3.61. The molecule has 3 rings (SSSR count). The molecule has 1 aromatic carbocycles. The lowest BCUT2D eigenvalue weighted by atomic mass is 10.1. The fourth-order valence-electron chi connectivity index (χ4n) is 1.78. The highest BCUT2D eigenvalue weighted by Gasteiger charge is 2.04. The quantitative estimate of drug-likeness (QED) is 0.689. The van der Waals surface area contributed by atoms with Crippen molar-refractivity contribution in [2.75, 3.05) is 5.73 Å². The van der Waals surface area contributed by atoms with E-state index in [1.165, 1.54) is 10.1 Å². The summed E-state index contributed by atoms with van der Waals surface area (Å²) in [4.78, 5) is 4.10. The largest absolute Gasteiger partial charge is 0.383 e. The number of nitrogen functional groups attached to an aromatic ring is 1. The van der Waals surface area contributed by atoms with E-state index in [-0.39, 0.29) is 0 Å².